The summed E-state index contributed by atoms with van der Waals surface area (Å²) in [6.07, 6.45) is 0.430. The lowest BCUT2D eigenvalue weighted by Crippen LogP contribution is -2.08. The van der Waals surface area contributed by atoms with Crippen molar-refractivity contribution in [1.29, 1.82) is 0 Å². The fourth-order valence-corrected chi connectivity index (χ4v) is 4.58. The molecule has 6 nitrogen and oxygen atoms in total. The molecular weight excluding hydrogens is 516 g/mol. The fraction of sp³-hybridized carbons (Fsp3) is 0.200. The van der Waals surface area contributed by atoms with Gasteiger partial charge in [-0.3, -0.25) is 9.59 Å². The number of benzene rings is 5. The van der Waals surface area contributed by atoms with Crippen molar-refractivity contribution in [2.24, 2.45) is 0 Å². The van der Waals surface area contributed by atoms with Gasteiger partial charge in [0.2, 0.25) is 0 Å². The minimum absolute atomic E-state index is 0.169. The molecule has 5 rings (SSSR count). The van der Waals surface area contributed by atoms with Crippen molar-refractivity contribution in [2.45, 2.75) is 33.3 Å². The standard InChI is InChI=1S/C21H20O3.C14H14O3/c1-2-23-21(22)14-18-13-19(12-17-10-6-7-11-20(17)18)24-15-16-8-4-3-5-9-16;1-2-17-14(16)9-11-8-12(15)7-10-5-3-4-6-13(10)11/h3-13H,2,14-15H2,1H3;3-8,15H,2,9H2,1H3. The van der Waals surface area contributed by atoms with Gasteiger partial charge in [-0.2, -0.15) is 0 Å². The van der Waals surface area contributed by atoms with E-state index in [9.17, 15) is 14.7 Å². The molecule has 0 bridgehead atoms. The van der Waals surface area contributed by atoms with E-state index < -0.39 is 0 Å². The van der Waals surface area contributed by atoms with Crippen LogP contribution in [0.15, 0.2) is 103 Å². The van der Waals surface area contributed by atoms with Crippen LogP contribution in [0.5, 0.6) is 11.5 Å². The van der Waals surface area contributed by atoms with Crippen LogP contribution >= 0.6 is 0 Å². The number of fused-ring (bicyclic) bond motifs is 2. The van der Waals surface area contributed by atoms with Gasteiger partial charge < -0.3 is 19.3 Å². The van der Waals surface area contributed by atoms with E-state index in [2.05, 4.69) is 0 Å². The number of phenols is 1. The molecule has 0 heterocycles. The first-order chi connectivity index (χ1) is 20.0. The molecule has 1 N–H and O–H groups in total. The van der Waals surface area contributed by atoms with Gasteiger partial charge in [0.15, 0.2) is 0 Å². The average molecular weight is 551 g/mol. The van der Waals surface area contributed by atoms with Gasteiger partial charge in [0, 0.05) is 0 Å². The molecular formula is C35H34O6. The molecule has 0 amide bonds. The van der Waals surface area contributed by atoms with Gasteiger partial charge in [-0.15, -0.1) is 0 Å². The second-order valence-corrected chi connectivity index (χ2v) is 9.37. The Morgan fingerprint density at radius 2 is 1.15 bits per heavy atom. The number of phenolic OH excluding ortho intramolecular Hbond substituents is 1. The predicted molar refractivity (Wildman–Crippen MR) is 161 cm³/mol. The zero-order valence-electron chi connectivity index (χ0n) is 23.3. The van der Waals surface area contributed by atoms with E-state index in [-0.39, 0.29) is 30.5 Å². The summed E-state index contributed by atoms with van der Waals surface area (Å²) in [5.41, 5.74) is 2.83. The minimum atomic E-state index is -0.275. The lowest BCUT2D eigenvalue weighted by molar-refractivity contribution is -0.143. The summed E-state index contributed by atoms with van der Waals surface area (Å²) in [6, 6.07) is 32.9. The highest BCUT2D eigenvalue weighted by atomic mass is 16.5. The molecule has 0 aromatic heterocycles. The van der Waals surface area contributed by atoms with Gasteiger partial charge in [-0.1, -0.05) is 78.9 Å². The maximum absolute atomic E-state index is 11.9. The van der Waals surface area contributed by atoms with Crippen molar-refractivity contribution in [1.82, 2.24) is 0 Å². The molecule has 5 aromatic rings. The predicted octanol–water partition coefficient (Wildman–Crippen LogP) is 7.18. The number of aromatic hydroxyl groups is 1. The van der Waals surface area contributed by atoms with Crippen LogP contribution in [0, 0.1) is 0 Å². The molecule has 0 radical (unpaired) electrons. The molecule has 0 aliphatic carbocycles. The van der Waals surface area contributed by atoms with Gasteiger partial charge in [0.05, 0.1) is 26.1 Å². The van der Waals surface area contributed by atoms with E-state index in [4.69, 9.17) is 14.2 Å². The summed E-state index contributed by atoms with van der Waals surface area (Å²) < 4.78 is 15.9. The highest BCUT2D eigenvalue weighted by Gasteiger charge is 2.11. The lowest BCUT2D eigenvalue weighted by atomic mass is 10.0. The molecule has 6 heteroatoms. The second-order valence-electron chi connectivity index (χ2n) is 9.37. The van der Waals surface area contributed by atoms with Crippen LogP contribution in [-0.4, -0.2) is 30.3 Å². The van der Waals surface area contributed by atoms with E-state index in [1.54, 1.807) is 19.1 Å². The number of carbonyl (C=O) groups is 2. The first kappa shape index (κ1) is 29.2. The normalized spacial score (nSPS) is 10.5. The number of hydrogen-bond donors (Lipinski definition) is 1. The topological polar surface area (TPSA) is 82.1 Å². The molecule has 0 atom stereocenters. The van der Waals surface area contributed by atoms with E-state index in [0.29, 0.717) is 19.8 Å². The summed E-state index contributed by atoms with van der Waals surface area (Å²) in [6.45, 7) is 4.85. The Morgan fingerprint density at radius 1 is 0.634 bits per heavy atom. The van der Waals surface area contributed by atoms with Gasteiger partial charge in [-0.25, -0.2) is 0 Å². The second kappa shape index (κ2) is 14.5. The number of rotatable bonds is 9. The van der Waals surface area contributed by atoms with Gasteiger partial charge in [-0.05, 0) is 76.3 Å². The number of carbonyl (C=O) groups excluding carboxylic acids is 2. The summed E-state index contributed by atoms with van der Waals surface area (Å²) in [4.78, 5) is 23.3. The van der Waals surface area contributed by atoms with Crippen molar-refractivity contribution in [3.8, 4) is 11.5 Å². The van der Waals surface area contributed by atoms with Crippen molar-refractivity contribution < 1.29 is 28.9 Å². The Hall–Kier alpha value is -4.84. The van der Waals surface area contributed by atoms with E-state index in [1.807, 2.05) is 97.9 Å². The van der Waals surface area contributed by atoms with E-state index >= 15 is 0 Å². The lowest BCUT2D eigenvalue weighted by Gasteiger charge is -2.12. The van der Waals surface area contributed by atoms with E-state index in [0.717, 1.165) is 44.0 Å². The molecule has 0 unspecified atom stereocenters. The Kier molecular flexibility index (Phi) is 10.3. The Bertz CT molecular complexity index is 1610. The Labute approximate surface area is 240 Å². The molecule has 0 saturated carbocycles. The molecule has 0 aliphatic heterocycles. The first-order valence-electron chi connectivity index (χ1n) is 13.7. The van der Waals surface area contributed by atoms with Crippen molar-refractivity contribution in [2.75, 3.05) is 13.2 Å². The van der Waals surface area contributed by atoms with Crippen LogP contribution in [0.1, 0.15) is 30.5 Å². The van der Waals surface area contributed by atoms with Gasteiger partial charge in [0.25, 0.3) is 0 Å². The van der Waals surface area contributed by atoms with Gasteiger partial charge >= 0.3 is 11.9 Å². The number of esters is 2. The molecule has 0 fully saturated rings. The van der Waals surface area contributed by atoms with E-state index in [1.165, 1.54) is 0 Å². The maximum Gasteiger partial charge on any atom is 0.310 e. The highest BCUT2D eigenvalue weighted by molar-refractivity contribution is 5.91. The largest absolute Gasteiger partial charge is 0.508 e. The SMILES string of the molecule is CCOC(=O)Cc1cc(O)cc2ccccc12.CCOC(=O)Cc1cc(OCc2ccccc2)cc2ccccc12. The molecule has 0 saturated heterocycles. The molecule has 0 aliphatic rings. The average Bonchev–Trinajstić information content (AvgIpc) is 2.97. The first-order valence-corrected chi connectivity index (χ1v) is 13.7. The smallest absolute Gasteiger partial charge is 0.310 e. The summed E-state index contributed by atoms with van der Waals surface area (Å²) >= 11 is 0. The zero-order chi connectivity index (χ0) is 29.0. The third-order valence-corrected chi connectivity index (χ3v) is 6.38. The summed E-state index contributed by atoms with van der Waals surface area (Å²) in [5.74, 6) is 0.436. The van der Waals surface area contributed by atoms with Crippen LogP contribution in [0.2, 0.25) is 0 Å². The molecule has 5 aromatic carbocycles. The number of hydrogen-bond acceptors (Lipinski definition) is 6. The quantitative estimate of drug-likeness (QED) is 0.196. The monoisotopic (exact) mass is 550 g/mol. The van der Waals surface area contributed by atoms with Crippen molar-refractivity contribution >= 4 is 33.5 Å². The van der Waals surface area contributed by atoms with Crippen LogP contribution in [0.25, 0.3) is 21.5 Å². The van der Waals surface area contributed by atoms with Crippen LogP contribution in [0.4, 0.5) is 0 Å². The Balaban J connectivity index is 0.000000201. The van der Waals surface area contributed by atoms with Crippen LogP contribution < -0.4 is 4.74 Å². The number of ether oxygens (including phenoxy) is 3. The van der Waals surface area contributed by atoms with Crippen LogP contribution in [-0.2, 0) is 38.5 Å². The maximum atomic E-state index is 11.9. The van der Waals surface area contributed by atoms with Crippen molar-refractivity contribution in [3.05, 3.63) is 120 Å². The summed E-state index contributed by atoms with van der Waals surface area (Å²) in [7, 11) is 0. The van der Waals surface area contributed by atoms with Crippen molar-refractivity contribution in [3.63, 3.8) is 0 Å². The molecule has 41 heavy (non-hydrogen) atoms. The zero-order valence-corrected chi connectivity index (χ0v) is 23.3. The van der Waals surface area contributed by atoms with Crippen LogP contribution in [0.3, 0.4) is 0 Å². The molecule has 210 valence electrons. The van der Waals surface area contributed by atoms with Gasteiger partial charge in [0.1, 0.15) is 18.1 Å². The minimum Gasteiger partial charge on any atom is -0.508 e. The highest BCUT2D eigenvalue weighted by Crippen LogP contribution is 2.27. The Morgan fingerprint density at radius 3 is 1.73 bits per heavy atom. The third kappa shape index (κ3) is 8.32. The summed E-state index contributed by atoms with van der Waals surface area (Å²) in [5, 5.41) is 13.6. The third-order valence-electron chi connectivity index (χ3n) is 6.38. The molecule has 0 spiro atoms. The fourth-order valence-electron chi connectivity index (χ4n) is 4.58.